The SMILES string of the molecule is Cc1ccc(C2CCc3ccccc32)cc1C. The molecule has 0 aromatic heterocycles. The summed E-state index contributed by atoms with van der Waals surface area (Å²) in [5.41, 5.74) is 7.36. The lowest BCUT2D eigenvalue weighted by atomic mass is 9.91. The molecule has 17 heavy (non-hydrogen) atoms. The van der Waals surface area contributed by atoms with Crippen molar-refractivity contribution < 1.29 is 0 Å². The zero-order valence-corrected chi connectivity index (χ0v) is 10.5. The van der Waals surface area contributed by atoms with Crippen LogP contribution in [0, 0.1) is 13.8 Å². The molecule has 1 aliphatic rings. The fourth-order valence-electron chi connectivity index (χ4n) is 2.88. The quantitative estimate of drug-likeness (QED) is 0.671. The van der Waals surface area contributed by atoms with Crippen LogP contribution < -0.4 is 0 Å². The van der Waals surface area contributed by atoms with Gasteiger partial charge >= 0.3 is 0 Å². The van der Waals surface area contributed by atoms with Gasteiger partial charge in [0.05, 0.1) is 0 Å². The van der Waals surface area contributed by atoms with E-state index < -0.39 is 0 Å². The van der Waals surface area contributed by atoms with Crippen LogP contribution in [0.1, 0.15) is 40.2 Å². The average molecular weight is 222 g/mol. The van der Waals surface area contributed by atoms with Gasteiger partial charge in [-0.3, -0.25) is 0 Å². The number of aryl methyl sites for hydroxylation is 3. The molecule has 1 atom stereocenters. The molecule has 0 nitrogen and oxygen atoms in total. The van der Waals surface area contributed by atoms with Gasteiger partial charge in [-0.15, -0.1) is 0 Å². The highest BCUT2D eigenvalue weighted by molar-refractivity contribution is 5.44. The normalized spacial score (nSPS) is 18.1. The summed E-state index contributed by atoms with van der Waals surface area (Å²) >= 11 is 0. The second-order valence-electron chi connectivity index (χ2n) is 5.13. The van der Waals surface area contributed by atoms with Gasteiger partial charge in [-0.2, -0.15) is 0 Å². The highest BCUT2D eigenvalue weighted by Gasteiger charge is 2.23. The predicted molar refractivity (Wildman–Crippen MR) is 72.5 cm³/mol. The largest absolute Gasteiger partial charge is 0.0620 e. The highest BCUT2D eigenvalue weighted by Crippen LogP contribution is 2.38. The van der Waals surface area contributed by atoms with Crippen LogP contribution in [0.2, 0.25) is 0 Å². The summed E-state index contributed by atoms with van der Waals surface area (Å²) in [6.07, 6.45) is 2.50. The maximum absolute atomic E-state index is 2.36. The third-order valence-electron chi connectivity index (χ3n) is 4.07. The molecule has 0 N–H and O–H groups in total. The van der Waals surface area contributed by atoms with Crippen LogP contribution in [-0.4, -0.2) is 0 Å². The molecule has 0 saturated carbocycles. The first kappa shape index (κ1) is 10.6. The van der Waals surface area contributed by atoms with E-state index >= 15 is 0 Å². The van der Waals surface area contributed by atoms with E-state index in [9.17, 15) is 0 Å². The molecule has 0 spiro atoms. The Morgan fingerprint density at radius 3 is 2.59 bits per heavy atom. The smallest absolute Gasteiger partial charge is 0.00953 e. The minimum atomic E-state index is 0.616. The van der Waals surface area contributed by atoms with E-state index in [1.807, 2.05) is 0 Å². The molecule has 0 radical (unpaired) electrons. The summed E-state index contributed by atoms with van der Waals surface area (Å²) in [4.78, 5) is 0. The van der Waals surface area contributed by atoms with E-state index in [0.29, 0.717) is 5.92 Å². The lowest BCUT2D eigenvalue weighted by molar-refractivity contribution is 0.787. The first-order valence-electron chi connectivity index (χ1n) is 6.40. The first-order valence-corrected chi connectivity index (χ1v) is 6.40. The maximum atomic E-state index is 2.36. The van der Waals surface area contributed by atoms with Crippen LogP contribution in [0.5, 0.6) is 0 Å². The Morgan fingerprint density at radius 1 is 0.941 bits per heavy atom. The molecule has 1 aliphatic carbocycles. The first-order chi connectivity index (χ1) is 8.25. The zero-order valence-electron chi connectivity index (χ0n) is 10.5. The molecule has 2 aromatic rings. The van der Waals surface area contributed by atoms with Crippen molar-refractivity contribution in [1.82, 2.24) is 0 Å². The summed E-state index contributed by atoms with van der Waals surface area (Å²) in [7, 11) is 0. The Labute approximate surface area is 103 Å². The summed E-state index contributed by atoms with van der Waals surface area (Å²) in [5, 5.41) is 0. The van der Waals surface area contributed by atoms with Gasteiger partial charge in [-0.05, 0) is 54.5 Å². The summed E-state index contributed by atoms with van der Waals surface area (Å²) in [5.74, 6) is 0.616. The number of hydrogen-bond acceptors (Lipinski definition) is 0. The molecular formula is C17H18. The van der Waals surface area contributed by atoms with E-state index in [4.69, 9.17) is 0 Å². The number of benzene rings is 2. The Morgan fingerprint density at radius 2 is 1.76 bits per heavy atom. The van der Waals surface area contributed by atoms with Gasteiger partial charge < -0.3 is 0 Å². The Bertz CT molecular complexity index is 552. The molecule has 0 bridgehead atoms. The van der Waals surface area contributed by atoms with Gasteiger partial charge in [0.2, 0.25) is 0 Å². The lowest BCUT2D eigenvalue weighted by Gasteiger charge is -2.13. The molecule has 0 heteroatoms. The van der Waals surface area contributed by atoms with Crippen LogP contribution >= 0.6 is 0 Å². The van der Waals surface area contributed by atoms with E-state index in [-0.39, 0.29) is 0 Å². The van der Waals surface area contributed by atoms with E-state index in [0.717, 1.165) is 0 Å². The third kappa shape index (κ3) is 1.78. The monoisotopic (exact) mass is 222 g/mol. The van der Waals surface area contributed by atoms with Gasteiger partial charge in [0, 0.05) is 5.92 Å². The minimum absolute atomic E-state index is 0.616. The van der Waals surface area contributed by atoms with Crippen LogP contribution in [-0.2, 0) is 6.42 Å². The fourth-order valence-corrected chi connectivity index (χ4v) is 2.88. The molecule has 1 unspecified atom stereocenters. The summed E-state index contributed by atoms with van der Waals surface area (Å²) in [6.45, 7) is 4.39. The zero-order chi connectivity index (χ0) is 11.8. The number of fused-ring (bicyclic) bond motifs is 1. The lowest BCUT2D eigenvalue weighted by Crippen LogP contribution is -1.97. The molecule has 0 saturated heterocycles. The van der Waals surface area contributed by atoms with Gasteiger partial charge in [-0.1, -0.05) is 42.5 Å². The van der Waals surface area contributed by atoms with E-state index in [2.05, 4.69) is 56.3 Å². The van der Waals surface area contributed by atoms with Gasteiger partial charge in [0.15, 0.2) is 0 Å². The standard InChI is InChI=1S/C17H18/c1-12-7-8-15(11-13(12)2)17-10-9-14-5-3-4-6-16(14)17/h3-8,11,17H,9-10H2,1-2H3. The summed E-state index contributed by atoms with van der Waals surface area (Å²) < 4.78 is 0. The molecule has 0 aliphatic heterocycles. The number of rotatable bonds is 1. The van der Waals surface area contributed by atoms with Crippen molar-refractivity contribution >= 4 is 0 Å². The molecule has 3 rings (SSSR count). The Kier molecular flexibility index (Phi) is 2.51. The van der Waals surface area contributed by atoms with Crippen molar-refractivity contribution in [2.45, 2.75) is 32.6 Å². The molecule has 0 amide bonds. The maximum Gasteiger partial charge on any atom is 0.00953 e. The second kappa shape index (κ2) is 4.03. The molecule has 86 valence electrons. The Balaban J connectivity index is 2.04. The molecule has 2 aromatic carbocycles. The van der Waals surface area contributed by atoms with Gasteiger partial charge in [-0.25, -0.2) is 0 Å². The van der Waals surface area contributed by atoms with Crippen LogP contribution in [0.3, 0.4) is 0 Å². The number of hydrogen-bond donors (Lipinski definition) is 0. The van der Waals surface area contributed by atoms with E-state index in [1.165, 1.54) is 40.7 Å². The van der Waals surface area contributed by atoms with Crippen LogP contribution in [0.4, 0.5) is 0 Å². The fraction of sp³-hybridized carbons (Fsp3) is 0.294. The average Bonchev–Trinajstić information content (AvgIpc) is 2.76. The molecule has 0 heterocycles. The topological polar surface area (TPSA) is 0 Å². The van der Waals surface area contributed by atoms with Gasteiger partial charge in [0.1, 0.15) is 0 Å². The molecular weight excluding hydrogens is 204 g/mol. The van der Waals surface area contributed by atoms with E-state index in [1.54, 1.807) is 0 Å². The predicted octanol–water partition coefficient (Wildman–Crippen LogP) is 4.38. The van der Waals surface area contributed by atoms with Crippen molar-refractivity contribution in [3.63, 3.8) is 0 Å². The van der Waals surface area contributed by atoms with Gasteiger partial charge in [0.25, 0.3) is 0 Å². The van der Waals surface area contributed by atoms with Crippen molar-refractivity contribution in [3.05, 3.63) is 70.3 Å². The van der Waals surface area contributed by atoms with Crippen molar-refractivity contribution in [2.75, 3.05) is 0 Å². The Hall–Kier alpha value is -1.56. The van der Waals surface area contributed by atoms with Crippen molar-refractivity contribution in [3.8, 4) is 0 Å². The van der Waals surface area contributed by atoms with Crippen LogP contribution in [0.15, 0.2) is 42.5 Å². The minimum Gasteiger partial charge on any atom is -0.0620 e. The van der Waals surface area contributed by atoms with Crippen molar-refractivity contribution in [2.24, 2.45) is 0 Å². The second-order valence-corrected chi connectivity index (χ2v) is 5.13. The highest BCUT2D eigenvalue weighted by atomic mass is 14.3. The summed E-state index contributed by atoms with van der Waals surface area (Å²) in [6, 6.07) is 15.8. The third-order valence-corrected chi connectivity index (χ3v) is 4.07. The molecule has 0 fully saturated rings. The van der Waals surface area contributed by atoms with Crippen LogP contribution in [0.25, 0.3) is 0 Å². The van der Waals surface area contributed by atoms with Crippen molar-refractivity contribution in [1.29, 1.82) is 0 Å².